The van der Waals surface area contributed by atoms with Crippen LogP contribution >= 0.6 is 0 Å². The van der Waals surface area contributed by atoms with Gasteiger partial charge < -0.3 is 5.11 Å². The molecule has 0 unspecified atom stereocenters. The van der Waals surface area contributed by atoms with Crippen molar-refractivity contribution in [1.82, 2.24) is 9.78 Å². The molecule has 3 heteroatoms. The second kappa shape index (κ2) is 3.09. The summed E-state index contributed by atoms with van der Waals surface area (Å²) < 4.78 is 1.88. The topological polar surface area (TPSA) is 38.0 Å². The second-order valence-corrected chi connectivity index (χ2v) is 4.95. The Labute approximate surface area is 84.7 Å². The Morgan fingerprint density at radius 3 is 2.71 bits per heavy atom. The minimum absolute atomic E-state index is 0.188. The van der Waals surface area contributed by atoms with Gasteiger partial charge in [-0.05, 0) is 24.3 Å². The van der Waals surface area contributed by atoms with Crippen molar-refractivity contribution in [2.45, 2.75) is 38.7 Å². The minimum Gasteiger partial charge on any atom is -0.392 e. The molecule has 1 saturated carbocycles. The van der Waals surface area contributed by atoms with Crippen LogP contribution in [0.1, 0.15) is 38.3 Å². The molecule has 0 aromatic carbocycles. The molecule has 0 bridgehead atoms. The lowest BCUT2D eigenvalue weighted by molar-refractivity contribution is 0.134. The molecule has 0 aliphatic heterocycles. The Kier molecular flexibility index (Phi) is 2.14. The minimum atomic E-state index is -0.208. The summed E-state index contributed by atoms with van der Waals surface area (Å²) >= 11 is 0. The zero-order chi connectivity index (χ0) is 10.3. The average molecular weight is 194 g/mol. The number of aromatic nitrogens is 2. The molecule has 1 aromatic heterocycles. The van der Waals surface area contributed by atoms with Gasteiger partial charge in [0, 0.05) is 24.9 Å². The Morgan fingerprint density at radius 1 is 1.57 bits per heavy atom. The molecule has 0 amide bonds. The fourth-order valence-corrected chi connectivity index (χ4v) is 2.65. The molecule has 1 aliphatic rings. The molecule has 2 atom stereocenters. The number of hydrogen-bond donors (Lipinski definition) is 1. The van der Waals surface area contributed by atoms with Crippen molar-refractivity contribution in [1.29, 1.82) is 0 Å². The van der Waals surface area contributed by atoms with Gasteiger partial charge in [-0.25, -0.2) is 0 Å². The van der Waals surface area contributed by atoms with E-state index >= 15 is 0 Å². The molecule has 0 spiro atoms. The summed E-state index contributed by atoms with van der Waals surface area (Å²) in [6.45, 7) is 4.45. The SMILES string of the molecule is Cn1nccc1[C@@H]1[C@@H](O)CCC1(C)C. The maximum absolute atomic E-state index is 9.98. The first-order valence-corrected chi connectivity index (χ1v) is 5.18. The summed E-state index contributed by atoms with van der Waals surface area (Å²) in [6, 6.07) is 2.01. The summed E-state index contributed by atoms with van der Waals surface area (Å²) in [5.74, 6) is 0.231. The van der Waals surface area contributed by atoms with Crippen LogP contribution in [0, 0.1) is 5.41 Å². The maximum atomic E-state index is 9.98. The van der Waals surface area contributed by atoms with Crippen molar-refractivity contribution in [3.63, 3.8) is 0 Å². The molecule has 1 fully saturated rings. The van der Waals surface area contributed by atoms with Crippen LogP contribution in [0.25, 0.3) is 0 Å². The van der Waals surface area contributed by atoms with Gasteiger partial charge in [0.1, 0.15) is 0 Å². The Morgan fingerprint density at radius 2 is 2.29 bits per heavy atom. The molecule has 14 heavy (non-hydrogen) atoms. The normalized spacial score (nSPS) is 30.9. The molecule has 0 saturated heterocycles. The van der Waals surface area contributed by atoms with E-state index in [0.717, 1.165) is 18.5 Å². The quantitative estimate of drug-likeness (QED) is 0.738. The lowest BCUT2D eigenvalue weighted by Gasteiger charge is -2.28. The fourth-order valence-electron chi connectivity index (χ4n) is 2.65. The van der Waals surface area contributed by atoms with Crippen LogP contribution in [0.5, 0.6) is 0 Å². The highest BCUT2D eigenvalue weighted by molar-refractivity contribution is 5.16. The first kappa shape index (κ1) is 9.71. The lowest BCUT2D eigenvalue weighted by atomic mass is 9.79. The van der Waals surface area contributed by atoms with E-state index in [1.54, 1.807) is 6.20 Å². The van der Waals surface area contributed by atoms with E-state index in [2.05, 4.69) is 18.9 Å². The average Bonchev–Trinajstić information content (AvgIpc) is 2.58. The number of aliphatic hydroxyl groups excluding tert-OH is 1. The van der Waals surface area contributed by atoms with Crippen LogP contribution in [0.4, 0.5) is 0 Å². The number of hydrogen-bond acceptors (Lipinski definition) is 2. The van der Waals surface area contributed by atoms with Crippen LogP contribution in [0.2, 0.25) is 0 Å². The van der Waals surface area contributed by atoms with E-state index in [9.17, 15) is 5.11 Å². The maximum Gasteiger partial charge on any atom is 0.0629 e. The molecular weight excluding hydrogens is 176 g/mol. The fraction of sp³-hybridized carbons (Fsp3) is 0.727. The highest BCUT2D eigenvalue weighted by Crippen LogP contribution is 2.48. The van der Waals surface area contributed by atoms with Gasteiger partial charge in [0.05, 0.1) is 6.10 Å². The van der Waals surface area contributed by atoms with Crippen molar-refractivity contribution < 1.29 is 5.11 Å². The van der Waals surface area contributed by atoms with Gasteiger partial charge in [-0.1, -0.05) is 13.8 Å². The molecule has 0 radical (unpaired) electrons. The van der Waals surface area contributed by atoms with Crippen LogP contribution in [0.15, 0.2) is 12.3 Å². The Bertz CT molecular complexity index is 330. The van der Waals surface area contributed by atoms with E-state index < -0.39 is 0 Å². The third-order valence-electron chi connectivity index (χ3n) is 3.49. The summed E-state index contributed by atoms with van der Waals surface area (Å²) in [7, 11) is 1.94. The van der Waals surface area contributed by atoms with E-state index in [1.165, 1.54) is 0 Å². The smallest absolute Gasteiger partial charge is 0.0629 e. The third kappa shape index (κ3) is 1.36. The number of aliphatic hydroxyl groups is 1. The highest BCUT2D eigenvalue weighted by atomic mass is 16.3. The zero-order valence-electron chi connectivity index (χ0n) is 9.07. The van der Waals surface area contributed by atoms with Gasteiger partial charge in [-0.3, -0.25) is 4.68 Å². The van der Waals surface area contributed by atoms with E-state index in [0.29, 0.717) is 0 Å². The first-order valence-electron chi connectivity index (χ1n) is 5.18. The molecule has 78 valence electrons. The van der Waals surface area contributed by atoms with Crippen LogP contribution in [-0.2, 0) is 7.05 Å². The van der Waals surface area contributed by atoms with Gasteiger partial charge in [-0.2, -0.15) is 5.10 Å². The Balaban J connectivity index is 2.37. The predicted octanol–water partition coefficient (Wildman–Crippen LogP) is 1.68. The predicted molar refractivity (Wildman–Crippen MR) is 55.0 cm³/mol. The standard InChI is InChI=1S/C11H18N2O/c1-11(2)6-4-9(14)10(11)8-5-7-12-13(8)3/h5,7,9-10,14H,4,6H2,1-3H3/t9-,10+/m0/s1. The third-order valence-corrected chi connectivity index (χ3v) is 3.49. The molecule has 2 rings (SSSR count). The summed E-state index contributed by atoms with van der Waals surface area (Å²) in [6.07, 6.45) is 3.59. The van der Waals surface area contributed by atoms with Crippen molar-refractivity contribution in [2.24, 2.45) is 12.5 Å². The monoisotopic (exact) mass is 194 g/mol. The number of rotatable bonds is 1. The summed E-state index contributed by atoms with van der Waals surface area (Å²) in [5, 5.41) is 14.1. The van der Waals surface area contributed by atoms with E-state index in [-0.39, 0.29) is 17.4 Å². The summed E-state index contributed by atoms with van der Waals surface area (Å²) in [5.41, 5.74) is 1.34. The van der Waals surface area contributed by atoms with Gasteiger partial charge in [0.25, 0.3) is 0 Å². The molecule has 3 nitrogen and oxygen atoms in total. The molecular formula is C11H18N2O. The van der Waals surface area contributed by atoms with E-state index in [1.807, 2.05) is 17.8 Å². The summed E-state index contributed by atoms with van der Waals surface area (Å²) in [4.78, 5) is 0. The van der Waals surface area contributed by atoms with Crippen molar-refractivity contribution in [3.05, 3.63) is 18.0 Å². The van der Waals surface area contributed by atoms with Crippen molar-refractivity contribution in [3.8, 4) is 0 Å². The highest BCUT2D eigenvalue weighted by Gasteiger charge is 2.43. The van der Waals surface area contributed by atoms with Crippen LogP contribution < -0.4 is 0 Å². The second-order valence-electron chi connectivity index (χ2n) is 4.95. The number of aryl methyl sites for hydroxylation is 1. The van der Waals surface area contributed by atoms with Crippen LogP contribution in [-0.4, -0.2) is 21.0 Å². The molecule has 1 N–H and O–H groups in total. The Hall–Kier alpha value is -0.830. The van der Waals surface area contributed by atoms with Gasteiger partial charge in [0.2, 0.25) is 0 Å². The van der Waals surface area contributed by atoms with Gasteiger partial charge in [0.15, 0.2) is 0 Å². The molecule has 1 aromatic rings. The van der Waals surface area contributed by atoms with Crippen molar-refractivity contribution in [2.75, 3.05) is 0 Å². The first-order chi connectivity index (χ1) is 6.52. The van der Waals surface area contributed by atoms with E-state index in [4.69, 9.17) is 0 Å². The molecule has 1 heterocycles. The largest absolute Gasteiger partial charge is 0.392 e. The van der Waals surface area contributed by atoms with Gasteiger partial charge >= 0.3 is 0 Å². The van der Waals surface area contributed by atoms with Gasteiger partial charge in [-0.15, -0.1) is 0 Å². The molecule has 1 aliphatic carbocycles. The number of nitrogens with zero attached hydrogens (tertiary/aromatic N) is 2. The zero-order valence-corrected chi connectivity index (χ0v) is 9.07. The van der Waals surface area contributed by atoms with Crippen LogP contribution in [0.3, 0.4) is 0 Å². The lowest BCUT2D eigenvalue weighted by Crippen LogP contribution is -2.25. The van der Waals surface area contributed by atoms with Crippen molar-refractivity contribution >= 4 is 0 Å².